The normalized spacial score (nSPS) is 10.7. The number of methoxy groups -OCH3 is 1. The van der Waals surface area contributed by atoms with Crippen LogP contribution in [0.3, 0.4) is 0 Å². The van der Waals surface area contributed by atoms with Crippen LogP contribution < -0.4 is 10.5 Å². The molecule has 6 nitrogen and oxygen atoms in total. The maximum absolute atomic E-state index is 11.6. The maximum Gasteiger partial charge on any atom is 0.223 e. The molecule has 0 aliphatic rings. The van der Waals surface area contributed by atoms with Gasteiger partial charge in [-0.2, -0.15) is 0 Å². The number of rotatable bonds is 7. The Balaban J connectivity index is 1.90. The van der Waals surface area contributed by atoms with Crippen molar-refractivity contribution in [2.24, 2.45) is 5.73 Å². The number of carbonyl (C=O) groups is 1. The molecule has 0 atom stereocenters. The Hall–Kier alpha value is -3.28. The van der Waals surface area contributed by atoms with Gasteiger partial charge in [0.1, 0.15) is 11.5 Å². The lowest BCUT2D eigenvalue weighted by atomic mass is 10.1. The Bertz CT molecular complexity index is 918. The summed E-state index contributed by atoms with van der Waals surface area (Å²) in [7, 11) is 1.63. The van der Waals surface area contributed by atoms with Crippen LogP contribution in [0.25, 0.3) is 0 Å². The van der Waals surface area contributed by atoms with Crippen molar-refractivity contribution >= 4 is 5.91 Å². The molecule has 134 valence electrons. The van der Waals surface area contributed by atoms with E-state index >= 15 is 0 Å². The Morgan fingerprint density at radius 1 is 1.19 bits per heavy atom. The van der Waals surface area contributed by atoms with Gasteiger partial charge >= 0.3 is 0 Å². The molecule has 1 aromatic heterocycles. The highest BCUT2D eigenvalue weighted by atomic mass is 16.5. The van der Waals surface area contributed by atoms with Gasteiger partial charge in [0, 0.05) is 13.0 Å². The van der Waals surface area contributed by atoms with Crippen LogP contribution in [-0.2, 0) is 24.2 Å². The molecule has 0 saturated carbocycles. The first-order chi connectivity index (χ1) is 12.5. The third kappa shape index (κ3) is 4.22. The highest BCUT2D eigenvalue weighted by molar-refractivity contribution is 5.76. The van der Waals surface area contributed by atoms with Gasteiger partial charge in [0.15, 0.2) is 0 Å². The second-order valence-electron chi connectivity index (χ2n) is 6.11. The van der Waals surface area contributed by atoms with Gasteiger partial charge in [-0.3, -0.25) is 4.79 Å². The fourth-order valence-corrected chi connectivity index (χ4v) is 2.93. The number of aromatic nitrogens is 2. The number of nitrogens with zero attached hydrogens (tertiary/aromatic N) is 2. The van der Waals surface area contributed by atoms with E-state index in [9.17, 15) is 9.90 Å². The summed E-state index contributed by atoms with van der Waals surface area (Å²) in [5.41, 5.74) is 8.98. The zero-order chi connectivity index (χ0) is 18.5. The van der Waals surface area contributed by atoms with E-state index in [-0.39, 0.29) is 12.2 Å². The summed E-state index contributed by atoms with van der Waals surface area (Å²) in [4.78, 5) is 16.0. The van der Waals surface area contributed by atoms with Gasteiger partial charge in [0.25, 0.3) is 0 Å². The topological polar surface area (TPSA) is 90.4 Å². The van der Waals surface area contributed by atoms with Crippen LogP contribution in [0.1, 0.15) is 22.5 Å². The highest BCUT2D eigenvalue weighted by Gasteiger charge is 2.15. The number of phenols is 1. The molecule has 0 fully saturated rings. The van der Waals surface area contributed by atoms with Crippen LogP contribution in [0.2, 0.25) is 0 Å². The van der Waals surface area contributed by atoms with E-state index in [0.29, 0.717) is 13.0 Å². The van der Waals surface area contributed by atoms with Gasteiger partial charge in [-0.25, -0.2) is 4.98 Å². The van der Waals surface area contributed by atoms with Crippen molar-refractivity contribution in [2.75, 3.05) is 7.11 Å². The summed E-state index contributed by atoms with van der Waals surface area (Å²) in [5, 5.41) is 9.64. The number of ether oxygens (including phenoxy) is 1. The molecule has 3 N–H and O–H groups in total. The van der Waals surface area contributed by atoms with Crippen LogP contribution >= 0.6 is 0 Å². The molecule has 3 aromatic rings. The lowest BCUT2D eigenvalue weighted by molar-refractivity contribution is -0.117. The summed E-state index contributed by atoms with van der Waals surface area (Å²) in [6.45, 7) is 0.502. The molecule has 6 heteroatoms. The van der Waals surface area contributed by atoms with Crippen molar-refractivity contribution in [3.8, 4) is 11.5 Å². The van der Waals surface area contributed by atoms with E-state index < -0.39 is 5.91 Å². The highest BCUT2D eigenvalue weighted by Crippen LogP contribution is 2.20. The van der Waals surface area contributed by atoms with E-state index in [1.54, 1.807) is 31.6 Å². The fraction of sp³-hybridized carbons (Fsp3) is 0.200. The minimum atomic E-state index is -0.408. The van der Waals surface area contributed by atoms with E-state index in [1.807, 2.05) is 34.9 Å². The molecule has 2 aromatic carbocycles. The third-order valence-corrected chi connectivity index (χ3v) is 4.14. The fourth-order valence-electron chi connectivity index (χ4n) is 2.93. The van der Waals surface area contributed by atoms with Gasteiger partial charge < -0.3 is 20.1 Å². The molecular weight excluding hydrogens is 330 g/mol. The molecule has 0 bridgehead atoms. The number of nitrogens with two attached hydrogens (primary N) is 1. The van der Waals surface area contributed by atoms with Crippen LogP contribution in [-0.4, -0.2) is 27.7 Å². The SMILES string of the molecule is COc1cccc(Cc2ncn(Cc3cccc(O)c3)c2CC(N)=O)c1. The zero-order valence-corrected chi connectivity index (χ0v) is 14.6. The molecule has 0 radical (unpaired) electrons. The first-order valence-electron chi connectivity index (χ1n) is 8.27. The predicted octanol–water partition coefficient (Wildman–Crippen LogP) is 2.26. The summed E-state index contributed by atoms with van der Waals surface area (Å²) in [5.74, 6) is 0.573. The Labute approximate surface area is 151 Å². The second kappa shape index (κ2) is 7.74. The Kier molecular flexibility index (Phi) is 5.22. The van der Waals surface area contributed by atoms with Crippen molar-refractivity contribution in [1.82, 2.24) is 9.55 Å². The minimum absolute atomic E-state index is 0.109. The maximum atomic E-state index is 11.6. The van der Waals surface area contributed by atoms with Crippen molar-refractivity contribution < 1.29 is 14.6 Å². The number of phenolic OH excluding ortho intramolecular Hbond substituents is 1. The smallest absolute Gasteiger partial charge is 0.223 e. The third-order valence-electron chi connectivity index (χ3n) is 4.14. The summed E-state index contributed by atoms with van der Waals surface area (Å²) >= 11 is 0. The number of imidazole rings is 1. The zero-order valence-electron chi connectivity index (χ0n) is 14.6. The standard InChI is InChI=1S/C20H21N3O3/c1-26-17-7-3-4-14(9-17)10-18-19(11-20(21)25)23(13-22-18)12-15-5-2-6-16(24)8-15/h2-9,13,24H,10-12H2,1H3,(H2,21,25). The lowest BCUT2D eigenvalue weighted by Gasteiger charge is -2.10. The number of carbonyl (C=O) groups excluding carboxylic acids is 1. The molecule has 0 spiro atoms. The molecule has 1 amide bonds. The van der Waals surface area contributed by atoms with Crippen LogP contribution in [0.15, 0.2) is 54.9 Å². The lowest BCUT2D eigenvalue weighted by Crippen LogP contribution is -2.18. The van der Waals surface area contributed by atoms with Crippen LogP contribution in [0, 0.1) is 0 Å². The number of primary amides is 1. The van der Waals surface area contributed by atoms with Crippen molar-refractivity contribution in [1.29, 1.82) is 0 Å². The molecular formula is C20H21N3O3. The number of aromatic hydroxyl groups is 1. The quantitative estimate of drug-likeness (QED) is 0.683. The van der Waals surface area contributed by atoms with Crippen molar-refractivity contribution in [3.63, 3.8) is 0 Å². The number of amides is 1. The van der Waals surface area contributed by atoms with Gasteiger partial charge in [0.05, 0.1) is 31.2 Å². The number of benzene rings is 2. The molecule has 3 rings (SSSR count). The summed E-state index contributed by atoms with van der Waals surface area (Å²) < 4.78 is 7.16. The van der Waals surface area contributed by atoms with E-state index in [1.165, 1.54) is 0 Å². The van der Waals surface area contributed by atoms with Gasteiger partial charge in [-0.15, -0.1) is 0 Å². The Morgan fingerprint density at radius 3 is 2.69 bits per heavy atom. The average Bonchev–Trinajstić information content (AvgIpc) is 2.96. The van der Waals surface area contributed by atoms with Gasteiger partial charge in [-0.1, -0.05) is 24.3 Å². The molecule has 0 aliphatic heterocycles. The molecule has 0 unspecified atom stereocenters. The van der Waals surface area contributed by atoms with Crippen molar-refractivity contribution in [2.45, 2.75) is 19.4 Å². The first-order valence-corrected chi connectivity index (χ1v) is 8.27. The van der Waals surface area contributed by atoms with Crippen molar-refractivity contribution in [3.05, 3.63) is 77.4 Å². The summed E-state index contributed by atoms with van der Waals surface area (Å²) in [6, 6.07) is 14.8. The van der Waals surface area contributed by atoms with E-state index in [0.717, 1.165) is 28.3 Å². The Morgan fingerprint density at radius 2 is 1.96 bits per heavy atom. The van der Waals surface area contributed by atoms with E-state index in [4.69, 9.17) is 10.5 Å². The number of hydrogen-bond donors (Lipinski definition) is 2. The monoisotopic (exact) mass is 351 g/mol. The van der Waals surface area contributed by atoms with E-state index in [2.05, 4.69) is 4.98 Å². The average molecular weight is 351 g/mol. The van der Waals surface area contributed by atoms with Crippen LogP contribution in [0.5, 0.6) is 11.5 Å². The molecule has 0 aliphatic carbocycles. The predicted molar refractivity (Wildman–Crippen MR) is 98.1 cm³/mol. The second-order valence-corrected chi connectivity index (χ2v) is 6.11. The molecule has 1 heterocycles. The van der Waals surface area contributed by atoms with Gasteiger partial charge in [-0.05, 0) is 35.4 Å². The minimum Gasteiger partial charge on any atom is -0.508 e. The van der Waals surface area contributed by atoms with Gasteiger partial charge in [0.2, 0.25) is 5.91 Å². The van der Waals surface area contributed by atoms with Crippen LogP contribution in [0.4, 0.5) is 0 Å². The molecule has 26 heavy (non-hydrogen) atoms. The number of hydrogen-bond acceptors (Lipinski definition) is 4. The largest absolute Gasteiger partial charge is 0.508 e. The molecule has 0 saturated heterocycles. The first kappa shape index (κ1) is 17.5. The summed E-state index contributed by atoms with van der Waals surface area (Å²) in [6.07, 6.45) is 2.39.